The summed E-state index contributed by atoms with van der Waals surface area (Å²) in [6.45, 7) is 4.56. The van der Waals surface area contributed by atoms with Crippen molar-refractivity contribution in [2.24, 2.45) is 0 Å². The molecule has 0 amide bonds. The first-order chi connectivity index (χ1) is 23.6. The SMILES string of the molecule is CCCCCCCCCCCCCCCCOCC(CNCC(COCCCCCCCCCCCCCCCC)S(=O)(=O)O)S(=O)(=O)O. The Bertz CT molecular complexity index is 829. The number of hydrogen-bond acceptors (Lipinski definition) is 7. The van der Waals surface area contributed by atoms with E-state index in [1.165, 1.54) is 141 Å². The number of rotatable bonds is 40. The maximum absolute atomic E-state index is 11.9. The fourth-order valence-electron chi connectivity index (χ4n) is 6.13. The Balaban J connectivity index is 3.93. The predicted octanol–water partition coefficient (Wildman–Crippen LogP) is 10.1. The van der Waals surface area contributed by atoms with Gasteiger partial charge in [-0.05, 0) is 12.8 Å². The molecule has 0 spiro atoms. The highest BCUT2D eigenvalue weighted by Crippen LogP contribution is 2.15. The Labute approximate surface area is 303 Å². The van der Waals surface area contributed by atoms with E-state index in [9.17, 15) is 25.9 Å². The lowest BCUT2D eigenvalue weighted by molar-refractivity contribution is 0.123. The van der Waals surface area contributed by atoms with Gasteiger partial charge in [0, 0.05) is 26.3 Å². The Morgan fingerprint density at radius 1 is 0.408 bits per heavy atom. The van der Waals surface area contributed by atoms with Crippen molar-refractivity contribution in [3.63, 3.8) is 0 Å². The zero-order chi connectivity index (χ0) is 36.3. The largest absolute Gasteiger partial charge is 0.380 e. The molecule has 9 nitrogen and oxygen atoms in total. The molecule has 0 aromatic carbocycles. The topological polar surface area (TPSA) is 139 Å². The maximum Gasteiger partial charge on any atom is 0.271 e. The highest BCUT2D eigenvalue weighted by Gasteiger charge is 2.27. The molecular weight excluding hydrogens is 663 g/mol. The first-order valence-corrected chi connectivity index (χ1v) is 23.4. The molecule has 0 aliphatic rings. The van der Waals surface area contributed by atoms with Crippen LogP contribution in [0.25, 0.3) is 0 Å². The lowest BCUT2D eigenvalue weighted by atomic mass is 10.0. The molecule has 296 valence electrons. The normalized spacial score (nSPS) is 13.6. The molecule has 0 aliphatic heterocycles. The highest BCUT2D eigenvalue weighted by atomic mass is 32.2. The summed E-state index contributed by atoms with van der Waals surface area (Å²) in [5, 5.41) is 0.321. The van der Waals surface area contributed by atoms with Crippen LogP contribution in [0, 0.1) is 0 Å². The van der Waals surface area contributed by atoms with E-state index in [0.717, 1.165) is 38.5 Å². The van der Waals surface area contributed by atoms with Gasteiger partial charge >= 0.3 is 0 Å². The van der Waals surface area contributed by atoms with E-state index in [1.807, 2.05) is 0 Å². The summed E-state index contributed by atoms with van der Waals surface area (Å²) >= 11 is 0. The highest BCUT2D eigenvalue weighted by molar-refractivity contribution is 7.86. The zero-order valence-corrected chi connectivity index (χ0v) is 33.5. The van der Waals surface area contributed by atoms with Crippen LogP contribution >= 0.6 is 0 Å². The molecule has 0 aromatic rings. The zero-order valence-electron chi connectivity index (χ0n) is 31.9. The minimum atomic E-state index is -4.39. The van der Waals surface area contributed by atoms with Gasteiger partial charge in [0.2, 0.25) is 0 Å². The second kappa shape index (κ2) is 34.8. The summed E-state index contributed by atoms with van der Waals surface area (Å²) in [4.78, 5) is 0. The molecule has 0 saturated carbocycles. The van der Waals surface area contributed by atoms with Crippen LogP contribution in [0.4, 0.5) is 0 Å². The quantitative estimate of drug-likeness (QED) is 0.0414. The Morgan fingerprint density at radius 2 is 0.633 bits per heavy atom. The van der Waals surface area contributed by atoms with Crippen LogP contribution in [-0.4, -0.2) is 76.0 Å². The van der Waals surface area contributed by atoms with Gasteiger partial charge in [0.15, 0.2) is 0 Å². The number of ether oxygens (including phenoxy) is 2. The van der Waals surface area contributed by atoms with Crippen molar-refractivity contribution in [3.8, 4) is 0 Å². The summed E-state index contributed by atoms with van der Waals surface area (Å²) in [5.41, 5.74) is 0. The number of hydrogen-bond donors (Lipinski definition) is 3. The van der Waals surface area contributed by atoms with Crippen molar-refractivity contribution in [1.29, 1.82) is 0 Å². The van der Waals surface area contributed by atoms with E-state index >= 15 is 0 Å². The third-order valence-electron chi connectivity index (χ3n) is 9.48. The molecule has 3 N–H and O–H groups in total. The molecule has 49 heavy (non-hydrogen) atoms. The molecule has 0 aliphatic carbocycles. The molecule has 11 heteroatoms. The second-order valence-electron chi connectivity index (χ2n) is 14.3. The van der Waals surface area contributed by atoms with Gasteiger partial charge in [-0.15, -0.1) is 0 Å². The van der Waals surface area contributed by atoms with Crippen LogP contribution in [-0.2, 0) is 29.7 Å². The van der Waals surface area contributed by atoms with Gasteiger partial charge in [-0.3, -0.25) is 9.11 Å². The fourth-order valence-corrected chi connectivity index (χ4v) is 7.33. The van der Waals surface area contributed by atoms with Gasteiger partial charge < -0.3 is 14.8 Å². The lowest BCUT2D eigenvalue weighted by Gasteiger charge is -2.18. The van der Waals surface area contributed by atoms with Crippen molar-refractivity contribution in [2.45, 2.75) is 204 Å². The van der Waals surface area contributed by atoms with Gasteiger partial charge in [0.1, 0.15) is 10.5 Å². The van der Waals surface area contributed by atoms with E-state index in [-0.39, 0.29) is 26.3 Å². The first-order valence-electron chi connectivity index (χ1n) is 20.4. The second-order valence-corrected chi connectivity index (χ2v) is 17.7. The number of unbranched alkanes of at least 4 members (excludes halogenated alkanes) is 26. The summed E-state index contributed by atoms with van der Waals surface area (Å²) < 4.78 is 77.9. The predicted molar refractivity (Wildman–Crippen MR) is 206 cm³/mol. The lowest BCUT2D eigenvalue weighted by Crippen LogP contribution is -2.43. The van der Waals surface area contributed by atoms with Crippen LogP contribution in [0.5, 0.6) is 0 Å². The fraction of sp³-hybridized carbons (Fsp3) is 1.00. The first kappa shape index (κ1) is 48.7. The van der Waals surface area contributed by atoms with Gasteiger partial charge in [0.25, 0.3) is 20.2 Å². The molecule has 0 rings (SSSR count). The summed E-state index contributed by atoms with van der Waals surface area (Å²) in [7, 11) is -8.79. The smallest absolute Gasteiger partial charge is 0.271 e. The van der Waals surface area contributed by atoms with Crippen LogP contribution in [0.2, 0.25) is 0 Å². The van der Waals surface area contributed by atoms with Crippen LogP contribution in [0.3, 0.4) is 0 Å². The number of nitrogens with one attached hydrogen (secondary N) is 1. The Kier molecular flexibility index (Phi) is 34.6. The molecule has 2 atom stereocenters. The molecule has 0 radical (unpaired) electrons. The third kappa shape index (κ3) is 34.5. The van der Waals surface area contributed by atoms with Crippen molar-refractivity contribution in [2.75, 3.05) is 39.5 Å². The molecule has 0 bridgehead atoms. The maximum atomic E-state index is 11.9. The Morgan fingerprint density at radius 3 is 0.857 bits per heavy atom. The van der Waals surface area contributed by atoms with Gasteiger partial charge in [-0.2, -0.15) is 16.8 Å². The van der Waals surface area contributed by atoms with Gasteiger partial charge in [0.05, 0.1) is 13.2 Å². The summed E-state index contributed by atoms with van der Waals surface area (Å²) in [6, 6.07) is 0. The molecule has 0 heterocycles. The average molecular weight is 742 g/mol. The molecular formula is C38H79NO8S2. The third-order valence-corrected chi connectivity index (χ3v) is 11.8. The van der Waals surface area contributed by atoms with Gasteiger partial charge in [-0.25, -0.2) is 0 Å². The van der Waals surface area contributed by atoms with E-state index in [4.69, 9.17) is 9.47 Å². The van der Waals surface area contributed by atoms with E-state index in [1.54, 1.807) is 0 Å². The summed E-state index contributed by atoms with van der Waals surface area (Å²) in [5.74, 6) is 0. The summed E-state index contributed by atoms with van der Waals surface area (Å²) in [6.07, 6.45) is 35.0. The van der Waals surface area contributed by atoms with E-state index in [2.05, 4.69) is 19.2 Å². The van der Waals surface area contributed by atoms with E-state index in [0.29, 0.717) is 13.2 Å². The minimum absolute atomic E-state index is 0.184. The standard InChI is InChI=1S/C38H79NO8S2/c1-3-5-7-9-11-13-15-17-19-21-23-25-27-29-31-46-35-37(48(40,41)42)33-39-34-38(49(43,44)45)36-47-32-30-28-26-24-22-20-18-16-14-12-10-8-6-4-2/h37-39H,3-36H2,1-2H3,(H,40,41,42)(H,43,44,45). The average Bonchev–Trinajstić information content (AvgIpc) is 3.05. The van der Waals surface area contributed by atoms with Crippen LogP contribution in [0.15, 0.2) is 0 Å². The Hall–Kier alpha value is -0.300. The van der Waals surface area contributed by atoms with Crippen molar-refractivity contribution < 1.29 is 35.4 Å². The van der Waals surface area contributed by atoms with E-state index < -0.39 is 30.7 Å². The van der Waals surface area contributed by atoms with Crippen molar-refractivity contribution >= 4 is 20.2 Å². The monoisotopic (exact) mass is 742 g/mol. The molecule has 0 saturated heterocycles. The molecule has 0 fully saturated rings. The minimum Gasteiger partial charge on any atom is -0.380 e. The van der Waals surface area contributed by atoms with Crippen LogP contribution in [0.1, 0.15) is 194 Å². The van der Waals surface area contributed by atoms with Crippen molar-refractivity contribution in [1.82, 2.24) is 5.32 Å². The van der Waals surface area contributed by atoms with Crippen molar-refractivity contribution in [3.05, 3.63) is 0 Å². The van der Waals surface area contributed by atoms with Crippen LogP contribution < -0.4 is 5.32 Å². The molecule has 0 aromatic heterocycles. The molecule has 2 unspecified atom stereocenters. The van der Waals surface area contributed by atoms with Gasteiger partial charge in [-0.1, -0.05) is 181 Å².